The highest BCUT2D eigenvalue weighted by Crippen LogP contribution is 2.29. The molecule has 0 aliphatic carbocycles. The molecule has 0 unspecified atom stereocenters. The quantitative estimate of drug-likeness (QED) is 0.783. The lowest BCUT2D eigenvalue weighted by Gasteiger charge is -2.39. The van der Waals surface area contributed by atoms with Gasteiger partial charge in [0, 0.05) is 55.9 Å². The summed E-state index contributed by atoms with van der Waals surface area (Å²) in [6, 6.07) is 17.3. The van der Waals surface area contributed by atoms with Gasteiger partial charge in [-0.25, -0.2) is 4.79 Å². The maximum absolute atomic E-state index is 13.1. The highest BCUT2D eigenvalue weighted by atomic mass is 16.2. The van der Waals surface area contributed by atoms with Crippen LogP contribution in [0.3, 0.4) is 0 Å². The Balaban J connectivity index is 1.09. The van der Waals surface area contributed by atoms with Crippen LogP contribution in [0.2, 0.25) is 0 Å². The summed E-state index contributed by atoms with van der Waals surface area (Å²) >= 11 is 0. The van der Waals surface area contributed by atoms with Crippen molar-refractivity contribution in [2.75, 3.05) is 31.5 Å². The lowest BCUT2D eigenvalue weighted by atomic mass is 9.93. The van der Waals surface area contributed by atoms with E-state index < -0.39 is 0 Å². The largest absolute Gasteiger partial charge is 0.342 e. The minimum atomic E-state index is -0.107. The fraction of sp³-hybridized carbons (Fsp3) is 0.423. The maximum Gasteiger partial charge on any atom is 0.321 e. The summed E-state index contributed by atoms with van der Waals surface area (Å²) in [7, 11) is 0. The number of urea groups is 1. The first-order chi connectivity index (χ1) is 16.1. The summed E-state index contributed by atoms with van der Waals surface area (Å²) in [4.78, 5) is 44.1. The molecule has 4 amide bonds. The van der Waals surface area contributed by atoms with Crippen LogP contribution in [-0.2, 0) is 11.3 Å². The number of benzene rings is 2. The van der Waals surface area contributed by atoms with Crippen molar-refractivity contribution >= 4 is 23.5 Å². The molecule has 0 aromatic heterocycles. The van der Waals surface area contributed by atoms with Gasteiger partial charge >= 0.3 is 6.03 Å². The molecule has 3 heterocycles. The van der Waals surface area contributed by atoms with Crippen molar-refractivity contribution in [1.29, 1.82) is 0 Å². The molecule has 5 rings (SSSR count). The topological polar surface area (TPSA) is 73.0 Å². The number of anilines is 1. The molecule has 0 spiro atoms. The molecule has 3 aliphatic rings. The highest BCUT2D eigenvalue weighted by Gasteiger charge is 2.37. The average Bonchev–Trinajstić information content (AvgIpc) is 3.21. The van der Waals surface area contributed by atoms with E-state index >= 15 is 0 Å². The van der Waals surface area contributed by atoms with Gasteiger partial charge in [0.1, 0.15) is 0 Å². The number of amides is 4. The number of carbonyl (C=O) groups is 3. The van der Waals surface area contributed by atoms with Gasteiger partial charge in [-0.3, -0.25) is 9.59 Å². The third-order valence-electron chi connectivity index (χ3n) is 7.22. The van der Waals surface area contributed by atoms with E-state index in [1.807, 2.05) is 64.4 Å². The van der Waals surface area contributed by atoms with Crippen LogP contribution in [0.15, 0.2) is 54.6 Å². The zero-order chi connectivity index (χ0) is 22.8. The van der Waals surface area contributed by atoms with Crippen molar-refractivity contribution in [3.63, 3.8) is 0 Å². The fourth-order valence-corrected chi connectivity index (χ4v) is 5.28. The lowest BCUT2D eigenvalue weighted by Crippen LogP contribution is -2.50. The van der Waals surface area contributed by atoms with Gasteiger partial charge in [0.15, 0.2) is 0 Å². The number of nitrogens with zero attached hydrogens (tertiary/aromatic N) is 3. The van der Waals surface area contributed by atoms with Gasteiger partial charge in [0.2, 0.25) is 5.91 Å². The number of rotatable bonds is 3. The number of hydrogen-bond acceptors (Lipinski definition) is 3. The minimum Gasteiger partial charge on any atom is -0.342 e. The summed E-state index contributed by atoms with van der Waals surface area (Å²) < 4.78 is 0. The first-order valence-electron chi connectivity index (χ1n) is 11.9. The van der Waals surface area contributed by atoms with Crippen molar-refractivity contribution < 1.29 is 14.4 Å². The van der Waals surface area contributed by atoms with E-state index in [0.29, 0.717) is 45.6 Å². The molecule has 33 heavy (non-hydrogen) atoms. The van der Waals surface area contributed by atoms with Crippen LogP contribution in [0.5, 0.6) is 0 Å². The van der Waals surface area contributed by atoms with Gasteiger partial charge < -0.3 is 20.0 Å². The van der Waals surface area contributed by atoms with Crippen LogP contribution < -0.4 is 5.32 Å². The summed E-state index contributed by atoms with van der Waals surface area (Å²) in [6.45, 7) is 3.24. The van der Waals surface area contributed by atoms with Crippen molar-refractivity contribution in [2.45, 2.75) is 38.3 Å². The number of fused-ring (bicyclic) bond motifs is 1. The van der Waals surface area contributed by atoms with Crippen LogP contribution in [0, 0.1) is 5.92 Å². The number of para-hydroxylation sites is 1. The number of carbonyl (C=O) groups excluding carboxylic acids is 3. The van der Waals surface area contributed by atoms with Crippen LogP contribution in [0.25, 0.3) is 0 Å². The lowest BCUT2D eigenvalue weighted by molar-refractivity contribution is -0.138. The predicted octanol–water partition coefficient (Wildman–Crippen LogP) is 3.58. The molecule has 0 atom stereocenters. The zero-order valence-electron chi connectivity index (χ0n) is 18.8. The molecule has 7 heteroatoms. The van der Waals surface area contributed by atoms with E-state index in [2.05, 4.69) is 5.32 Å². The number of piperidine rings is 2. The Morgan fingerprint density at radius 2 is 1.42 bits per heavy atom. The molecular weight excluding hydrogens is 416 g/mol. The van der Waals surface area contributed by atoms with Gasteiger partial charge in [-0.1, -0.05) is 36.4 Å². The SMILES string of the molecule is O=C(Nc1ccccc1)N1CCC(C(=O)N2CCC(N3Cc4ccccc4C3=O)CC2)CC1. The highest BCUT2D eigenvalue weighted by molar-refractivity contribution is 5.98. The third kappa shape index (κ3) is 4.45. The van der Waals surface area contributed by atoms with Gasteiger partial charge in [0.05, 0.1) is 0 Å². The molecule has 0 saturated carbocycles. The first kappa shape index (κ1) is 21.5. The van der Waals surface area contributed by atoms with E-state index in [1.54, 1.807) is 4.90 Å². The summed E-state index contributed by atoms with van der Waals surface area (Å²) in [5, 5.41) is 2.92. The van der Waals surface area contributed by atoms with Gasteiger partial charge in [-0.05, 0) is 49.4 Å². The Morgan fingerprint density at radius 3 is 2.12 bits per heavy atom. The standard InChI is InChI=1S/C26H30N4O3/c31-24(19-10-14-29(15-11-19)26(33)27-21-7-2-1-3-8-21)28-16-12-22(13-17-28)30-18-20-6-4-5-9-23(20)25(30)32/h1-9,19,22H,10-18H2,(H,27,33). The van der Waals surface area contributed by atoms with E-state index in [9.17, 15) is 14.4 Å². The Hall–Kier alpha value is -3.35. The number of likely N-dealkylation sites (tertiary alicyclic amines) is 2. The van der Waals surface area contributed by atoms with Crippen LogP contribution in [-0.4, -0.2) is 64.8 Å². The van der Waals surface area contributed by atoms with Gasteiger partial charge in [0.25, 0.3) is 5.91 Å². The van der Waals surface area contributed by atoms with Gasteiger partial charge in [-0.2, -0.15) is 0 Å². The van der Waals surface area contributed by atoms with Crippen LogP contribution in [0.4, 0.5) is 10.5 Å². The molecule has 2 aromatic rings. The Kier molecular flexibility index (Phi) is 6.03. The first-order valence-corrected chi connectivity index (χ1v) is 11.9. The maximum atomic E-state index is 13.1. The normalized spacial score (nSPS) is 19.5. The monoisotopic (exact) mass is 446 g/mol. The van der Waals surface area contributed by atoms with Crippen LogP contribution in [0.1, 0.15) is 41.6 Å². The molecular formula is C26H30N4O3. The molecule has 172 valence electrons. The molecule has 3 aliphatic heterocycles. The van der Waals surface area contributed by atoms with Crippen molar-refractivity contribution in [3.05, 3.63) is 65.7 Å². The molecule has 2 aromatic carbocycles. The molecule has 0 bridgehead atoms. The van der Waals surface area contributed by atoms with E-state index in [0.717, 1.165) is 29.7 Å². The molecule has 2 saturated heterocycles. The number of nitrogens with one attached hydrogen (secondary N) is 1. The van der Waals surface area contributed by atoms with E-state index in [4.69, 9.17) is 0 Å². The van der Waals surface area contributed by atoms with Crippen molar-refractivity contribution in [1.82, 2.24) is 14.7 Å². The number of hydrogen-bond donors (Lipinski definition) is 1. The molecule has 0 radical (unpaired) electrons. The second-order valence-corrected chi connectivity index (χ2v) is 9.20. The minimum absolute atomic E-state index is 0.0278. The third-order valence-corrected chi connectivity index (χ3v) is 7.22. The Bertz CT molecular complexity index is 1020. The Labute approximate surface area is 194 Å². The fourth-order valence-electron chi connectivity index (χ4n) is 5.28. The van der Waals surface area contributed by atoms with Crippen LogP contribution >= 0.6 is 0 Å². The summed E-state index contributed by atoms with van der Waals surface area (Å²) in [5.74, 6) is 0.295. The van der Waals surface area contributed by atoms with Crippen molar-refractivity contribution in [2.24, 2.45) is 5.92 Å². The van der Waals surface area contributed by atoms with Crippen molar-refractivity contribution in [3.8, 4) is 0 Å². The van der Waals surface area contributed by atoms with E-state index in [-0.39, 0.29) is 29.8 Å². The second-order valence-electron chi connectivity index (χ2n) is 9.20. The van der Waals surface area contributed by atoms with Gasteiger partial charge in [-0.15, -0.1) is 0 Å². The second kappa shape index (κ2) is 9.25. The zero-order valence-corrected chi connectivity index (χ0v) is 18.8. The smallest absolute Gasteiger partial charge is 0.321 e. The predicted molar refractivity (Wildman–Crippen MR) is 126 cm³/mol. The molecule has 2 fully saturated rings. The summed E-state index contributed by atoms with van der Waals surface area (Å²) in [5.41, 5.74) is 2.70. The molecule has 7 nitrogen and oxygen atoms in total. The summed E-state index contributed by atoms with van der Waals surface area (Å²) in [6.07, 6.45) is 3.04. The average molecular weight is 447 g/mol. The Morgan fingerprint density at radius 1 is 0.788 bits per heavy atom. The van der Waals surface area contributed by atoms with E-state index in [1.165, 1.54) is 0 Å². The molecule has 1 N–H and O–H groups in total.